The van der Waals surface area contributed by atoms with Gasteiger partial charge in [-0.05, 0) is 50.7 Å². The second kappa shape index (κ2) is 10.3. The summed E-state index contributed by atoms with van der Waals surface area (Å²) in [5.74, 6) is 0.454. The lowest BCUT2D eigenvalue weighted by atomic mass is 10.1. The third-order valence-electron chi connectivity index (χ3n) is 3.81. The maximum Gasteiger partial charge on any atom is 0.193 e. The summed E-state index contributed by atoms with van der Waals surface area (Å²) in [4.78, 5) is 6.70. The van der Waals surface area contributed by atoms with Gasteiger partial charge < -0.3 is 16.0 Å². The smallest absolute Gasteiger partial charge is 0.193 e. The minimum Gasteiger partial charge on any atom is -0.370 e. The minimum absolute atomic E-state index is 0. The Labute approximate surface area is 162 Å². The Hall–Kier alpha value is -1.60. The minimum atomic E-state index is 0. The number of hydrogen-bond acceptors (Lipinski definition) is 2. The van der Waals surface area contributed by atoms with E-state index in [4.69, 9.17) is 5.73 Å². The summed E-state index contributed by atoms with van der Waals surface area (Å²) >= 11 is 0. The molecule has 0 fully saturated rings. The number of guanidine groups is 1. The highest BCUT2D eigenvalue weighted by molar-refractivity contribution is 14.0. The lowest BCUT2D eigenvalue weighted by Crippen LogP contribution is -2.34. The van der Waals surface area contributed by atoms with Crippen LogP contribution in [0.1, 0.15) is 11.1 Å². The van der Waals surface area contributed by atoms with Crippen molar-refractivity contribution >= 4 is 35.6 Å². The zero-order valence-electron chi connectivity index (χ0n) is 14.6. The number of rotatable bonds is 6. The molecule has 2 rings (SSSR count). The van der Waals surface area contributed by atoms with Gasteiger partial charge in [0.05, 0.1) is 6.54 Å². The Morgan fingerprint density at radius 1 is 1.12 bits per heavy atom. The molecular weight excluding hydrogens is 411 g/mol. The molecule has 24 heavy (non-hydrogen) atoms. The van der Waals surface area contributed by atoms with E-state index in [2.05, 4.69) is 72.6 Å². The SMILES string of the molecule is Cc1cccc(NC(N)=NCC(Cc2ccccc2)N(C)C)c1.I. The Bertz CT molecular complexity index is 641. The van der Waals surface area contributed by atoms with E-state index in [1.165, 1.54) is 11.1 Å². The molecule has 0 saturated heterocycles. The van der Waals surface area contributed by atoms with Crippen LogP contribution in [0.5, 0.6) is 0 Å². The number of benzene rings is 2. The average molecular weight is 438 g/mol. The summed E-state index contributed by atoms with van der Waals surface area (Å²) < 4.78 is 0. The molecule has 5 heteroatoms. The van der Waals surface area contributed by atoms with Gasteiger partial charge >= 0.3 is 0 Å². The van der Waals surface area contributed by atoms with E-state index < -0.39 is 0 Å². The summed E-state index contributed by atoms with van der Waals surface area (Å²) in [6.07, 6.45) is 0.953. The lowest BCUT2D eigenvalue weighted by Gasteiger charge is -2.23. The van der Waals surface area contributed by atoms with Crippen molar-refractivity contribution in [3.63, 3.8) is 0 Å². The zero-order valence-corrected chi connectivity index (χ0v) is 16.9. The van der Waals surface area contributed by atoms with Gasteiger partial charge in [0.25, 0.3) is 0 Å². The Balaban J connectivity index is 0.00000288. The largest absolute Gasteiger partial charge is 0.370 e. The van der Waals surface area contributed by atoms with Crippen LogP contribution in [0.2, 0.25) is 0 Å². The van der Waals surface area contributed by atoms with Crippen molar-refractivity contribution in [1.29, 1.82) is 0 Å². The van der Waals surface area contributed by atoms with Crippen molar-refractivity contribution < 1.29 is 0 Å². The molecule has 0 amide bonds. The van der Waals surface area contributed by atoms with Crippen molar-refractivity contribution in [3.05, 3.63) is 65.7 Å². The predicted octanol–water partition coefficient (Wildman–Crippen LogP) is 3.51. The fraction of sp³-hybridized carbons (Fsp3) is 0.316. The molecule has 2 aromatic rings. The van der Waals surface area contributed by atoms with E-state index in [-0.39, 0.29) is 24.0 Å². The first kappa shape index (κ1) is 20.4. The van der Waals surface area contributed by atoms with Gasteiger partial charge in [-0.25, -0.2) is 0 Å². The molecule has 0 bridgehead atoms. The van der Waals surface area contributed by atoms with E-state index in [0.29, 0.717) is 18.5 Å². The van der Waals surface area contributed by atoms with Gasteiger partial charge in [-0.3, -0.25) is 4.99 Å². The fourth-order valence-electron chi connectivity index (χ4n) is 2.41. The van der Waals surface area contributed by atoms with Crippen molar-refractivity contribution in [2.24, 2.45) is 10.7 Å². The fourth-order valence-corrected chi connectivity index (χ4v) is 2.41. The molecule has 0 spiro atoms. The first-order chi connectivity index (χ1) is 11.0. The number of anilines is 1. The van der Waals surface area contributed by atoms with Gasteiger partial charge in [0, 0.05) is 11.7 Å². The first-order valence-corrected chi connectivity index (χ1v) is 7.88. The summed E-state index contributed by atoms with van der Waals surface area (Å²) in [5.41, 5.74) is 9.49. The number of aryl methyl sites for hydroxylation is 1. The number of halogens is 1. The quantitative estimate of drug-likeness (QED) is 0.413. The molecule has 0 aliphatic carbocycles. The normalized spacial score (nSPS) is 12.6. The van der Waals surface area contributed by atoms with Crippen LogP contribution in [0.15, 0.2) is 59.6 Å². The summed E-state index contributed by atoms with van der Waals surface area (Å²) in [6.45, 7) is 2.72. The van der Waals surface area contributed by atoms with Crippen LogP contribution in [0.3, 0.4) is 0 Å². The standard InChI is InChI=1S/C19H26N4.HI/c1-15-8-7-11-17(12-15)22-19(20)21-14-18(23(2)3)13-16-9-5-4-6-10-16;/h4-12,18H,13-14H2,1-3H3,(H3,20,21,22);1H. The second-order valence-corrected chi connectivity index (χ2v) is 6.03. The highest BCUT2D eigenvalue weighted by Crippen LogP contribution is 2.10. The Morgan fingerprint density at radius 3 is 2.46 bits per heavy atom. The second-order valence-electron chi connectivity index (χ2n) is 6.03. The number of aliphatic imine (C=N–C) groups is 1. The maximum absolute atomic E-state index is 6.02. The molecule has 0 radical (unpaired) electrons. The highest BCUT2D eigenvalue weighted by atomic mass is 127. The lowest BCUT2D eigenvalue weighted by molar-refractivity contribution is 0.298. The number of nitrogens with one attached hydrogen (secondary N) is 1. The van der Waals surface area contributed by atoms with Crippen molar-refractivity contribution in [2.45, 2.75) is 19.4 Å². The van der Waals surface area contributed by atoms with E-state index in [1.54, 1.807) is 0 Å². The van der Waals surface area contributed by atoms with Gasteiger partial charge in [0.1, 0.15) is 0 Å². The van der Waals surface area contributed by atoms with Crippen molar-refractivity contribution in [2.75, 3.05) is 26.0 Å². The van der Waals surface area contributed by atoms with Gasteiger partial charge in [-0.1, -0.05) is 42.5 Å². The van der Waals surface area contributed by atoms with Crippen LogP contribution in [-0.2, 0) is 6.42 Å². The van der Waals surface area contributed by atoms with Crippen molar-refractivity contribution in [3.8, 4) is 0 Å². The van der Waals surface area contributed by atoms with E-state index in [1.807, 2.05) is 18.2 Å². The molecule has 2 aromatic carbocycles. The molecule has 0 aliphatic heterocycles. The number of hydrogen-bond donors (Lipinski definition) is 2. The topological polar surface area (TPSA) is 53.6 Å². The van der Waals surface area contributed by atoms with Gasteiger partial charge in [-0.15, -0.1) is 24.0 Å². The molecule has 3 N–H and O–H groups in total. The predicted molar refractivity (Wildman–Crippen MR) is 114 cm³/mol. The molecule has 4 nitrogen and oxygen atoms in total. The summed E-state index contributed by atoms with van der Waals surface area (Å²) in [5, 5.41) is 3.15. The number of nitrogens with two attached hydrogens (primary N) is 1. The van der Waals surface area contributed by atoms with Crippen LogP contribution < -0.4 is 11.1 Å². The highest BCUT2D eigenvalue weighted by Gasteiger charge is 2.11. The van der Waals surface area contributed by atoms with E-state index in [9.17, 15) is 0 Å². The molecule has 0 saturated carbocycles. The molecular formula is C19H27IN4. The molecule has 0 heterocycles. The van der Waals surface area contributed by atoms with Crippen LogP contribution in [0.25, 0.3) is 0 Å². The molecule has 0 aliphatic rings. The molecule has 0 aromatic heterocycles. The Morgan fingerprint density at radius 2 is 1.83 bits per heavy atom. The van der Waals surface area contributed by atoms with Crippen LogP contribution >= 0.6 is 24.0 Å². The maximum atomic E-state index is 6.02. The van der Waals surface area contributed by atoms with Crippen LogP contribution in [0, 0.1) is 6.92 Å². The third-order valence-corrected chi connectivity index (χ3v) is 3.81. The number of likely N-dealkylation sites (N-methyl/N-ethyl adjacent to an activating group) is 1. The summed E-state index contributed by atoms with van der Waals surface area (Å²) in [6, 6.07) is 18.9. The third kappa shape index (κ3) is 6.88. The van der Waals surface area contributed by atoms with Crippen molar-refractivity contribution in [1.82, 2.24) is 4.90 Å². The van der Waals surface area contributed by atoms with Crippen LogP contribution in [-0.4, -0.2) is 37.5 Å². The van der Waals surface area contributed by atoms with Gasteiger partial charge in [0.2, 0.25) is 0 Å². The zero-order chi connectivity index (χ0) is 16.7. The first-order valence-electron chi connectivity index (χ1n) is 7.88. The monoisotopic (exact) mass is 438 g/mol. The molecule has 1 atom stereocenters. The number of nitrogens with zero attached hydrogens (tertiary/aromatic N) is 2. The van der Waals surface area contributed by atoms with E-state index in [0.717, 1.165) is 12.1 Å². The molecule has 1 unspecified atom stereocenters. The van der Waals surface area contributed by atoms with Gasteiger partial charge in [-0.2, -0.15) is 0 Å². The average Bonchev–Trinajstić information content (AvgIpc) is 2.52. The van der Waals surface area contributed by atoms with Crippen LogP contribution in [0.4, 0.5) is 5.69 Å². The van der Waals surface area contributed by atoms with Gasteiger partial charge in [0.15, 0.2) is 5.96 Å². The van der Waals surface area contributed by atoms with E-state index >= 15 is 0 Å². The molecule has 130 valence electrons. The summed E-state index contributed by atoms with van der Waals surface area (Å²) in [7, 11) is 4.15. The Kier molecular flexibility index (Phi) is 8.78.